The number of thiophene rings is 1. The molecule has 0 spiro atoms. The van der Waals surface area contributed by atoms with Crippen LogP contribution in [0.15, 0.2) is 35.7 Å². The maximum Gasteiger partial charge on any atom is 0.265 e. The van der Waals surface area contributed by atoms with Crippen LogP contribution in [0.2, 0.25) is 0 Å². The van der Waals surface area contributed by atoms with Crippen molar-refractivity contribution >= 4 is 45.5 Å². The van der Waals surface area contributed by atoms with E-state index in [0.29, 0.717) is 0 Å². The van der Waals surface area contributed by atoms with Crippen molar-refractivity contribution in [3.63, 3.8) is 0 Å². The summed E-state index contributed by atoms with van der Waals surface area (Å²) in [5.41, 5.74) is 2.06. The second-order valence-electron chi connectivity index (χ2n) is 3.41. The van der Waals surface area contributed by atoms with Crippen molar-refractivity contribution in [3.8, 4) is 0 Å². The molecule has 2 nitrogen and oxygen atoms in total. The monoisotopic (exact) mass is 343 g/mol. The highest BCUT2D eigenvalue weighted by molar-refractivity contribution is 14.1. The molecule has 0 aliphatic rings. The predicted molar refractivity (Wildman–Crippen MR) is 76.2 cm³/mol. The molecule has 4 heteroatoms. The Labute approximate surface area is 112 Å². The van der Waals surface area contributed by atoms with E-state index in [9.17, 15) is 4.79 Å². The lowest BCUT2D eigenvalue weighted by Gasteiger charge is -2.06. The van der Waals surface area contributed by atoms with Gasteiger partial charge in [0.2, 0.25) is 0 Å². The van der Waals surface area contributed by atoms with Crippen LogP contribution in [-0.4, -0.2) is 5.91 Å². The van der Waals surface area contributed by atoms with E-state index in [1.54, 1.807) is 0 Å². The van der Waals surface area contributed by atoms with E-state index in [0.717, 1.165) is 14.1 Å². The van der Waals surface area contributed by atoms with Gasteiger partial charge in [-0.25, -0.2) is 0 Å². The maximum absolute atomic E-state index is 11.8. The fourth-order valence-corrected chi connectivity index (χ4v) is 2.74. The molecule has 1 amide bonds. The number of benzene rings is 1. The molecular formula is C12H10INOS. The first-order chi connectivity index (χ1) is 7.66. The average molecular weight is 343 g/mol. The molecule has 2 rings (SSSR count). The van der Waals surface area contributed by atoms with Gasteiger partial charge >= 0.3 is 0 Å². The van der Waals surface area contributed by atoms with Gasteiger partial charge in [-0.15, -0.1) is 11.3 Å². The summed E-state index contributed by atoms with van der Waals surface area (Å²) in [5, 5.41) is 4.80. The van der Waals surface area contributed by atoms with Crippen LogP contribution < -0.4 is 5.32 Å². The smallest absolute Gasteiger partial charge is 0.265 e. The summed E-state index contributed by atoms with van der Waals surface area (Å²) < 4.78 is 1.06. The molecule has 0 radical (unpaired) electrons. The van der Waals surface area contributed by atoms with Gasteiger partial charge in [-0.3, -0.25) is 4.79 Å². The number of aryl methyl sites for hydroxylation is 1. The van der Waals surface area contributed by atoms with E-state index in [2.05, 4.69) is 27.9 Å². The number of rotatable bonds is 2. The number of hydrogen-bond donors (Lipinski definition) is 1. The zero-order valence-electron chi connectivity index (χ0n) is 8.66. The van der Waals surface area contributed by atoms with Crippen LogP contribution in [0.25, 0.3) is 0 Å². The Balaban J connectivity index is 2.18. The molecular weight excluding hydrogens is 333 g/mol. The molecule has 0 aliphatic heterocycles. The largest absolute Gasteiger partial charge is 0.320 e. The molecule has 1 aromatic heterocycles. The second-order valence-corrected chi connectivity index (χ2v) is 5.52. The minimum atomic E-state index is -0.0447. The summed E-state index contributed by atoms with van der Waals surface area (Å²) in [6.07, 6.45) is 0. The minimum absolute atomic E-state index is 0.0447. The van der Waals surface area contributed by atoms with E-state index < -0.39 is 0 Å². The van der Waals surface area contributed by atoms with Crippen molar-refractivity contribution in [2.75, 3.05) is 5.32 Å². The zero-order valence-corrected chi connectivity index (χ0v) is 11.6. The van der Waals surface area contributed by atoms with Crippen molar-refractivity contribution in [3.05, 3.63) is 49.7 Å². The molecule has 0 atom stereocenters. The quantitative estimate of drug-likeness (QED) is 0.823. The lowest BCUT2D eigenvalue weighted by Crippen LogP contribution is -2.11. The van der Waals surface area contributed by atoms with E-state index in [1.165, 1.54) is 16.9 Å². The Morgan fingerprint density at radius 1 is 1.38 bits per heavy atom. The van der Waals surface area contributed by atoms with Crippen LogP contribution in [0.5, 0.6) is 0 Å². The fraction of sp³-hybridized carbons (Fsp3) is 0.0833. The topological polar surface area (TPSA) is 29.1 Å². The van der Waals surface area contributed by atoms with Gasteiger partial charge in [0, 0.05) is 3.57 Å². The Bertz CT molecular complexity index is 508. The molecule has 0 bridgehead atoms. The molecule has 82 valence electrons. The Morgan fingerprint density at radius 3 is 2.81 bits per heavy atom. The average Bonchev–Trinajstić information content (AvgIpc) is 2.75. The Hall–Kier alpha value is -0.880. The number of carbonyl (C=O) groups excluding carboxylic acids is 1. The molecule has 0 fully saturated rings. The van der Waals surface area contributed by atoms with Gasteiger partial charge in [0.25, 0.3) is 5.91 Å². The highest BCUT2D eigenvalue weighted by atomic mass is 127. The summed E-state index contributed by atoms with van der Waals surface area (Å²) >= 11 is 3.67. The van der Waals surface area contributed by atoms with Gasteiger partial charge in [-0.2, -0.15) is 0 Å². The van der Waals surface area contributed by atoms with Gasteiger partial charge < -0.3 is 5.32 Å². The van der Waals surface area contributed by atoms with E-state index in [-0.39, 0.29) is 5.91 Å². The van der Waals surface area contributed by atoms with Crippen molar-refractivity contribution in [1.29, 1.82) is 0 Å². The van der Waals surface area contributed by atoms with Gasteiger partial charge in [0.1, 0.15) is 0 Å². The SMILES string of the molecule is Cc1ccc(NC(=O)c2cccs2)c(I)c1. The van der Waals surface area contributed by atoms with Crippen LogP contribution in [0.1, 0.15) is 15.2 Å². The second kappa shape index (κ2) is 4.97. The molecule has 0 aliphatic carbocycles. The van der Waals surface area contributed by atoms with E-state index >= 15 is 0 Å². The number of anilines is 1. The number of hydrogen-bond acceptors (Lipinski definition) is 2. The molecule has 16 heavy (non-hydrogen) atoms. The highest BCUT2D eigenvalue weighted by Crippen LogP contribution is 2.20. The normalized spacial score (nSPS) is 10.1. The molecule has 2 aromatic rings. The Kier molecular flexibility index (Phi) is 3.60. The van der Waals surface area contributed by atoms with Crippen LogP contribution in [0, 0.1) is 10.5 Å². The van der Waals surface area contributed by atoms with E-state index in [4.69, 9.17) is 0 Å². The lowest BCUT2D eigenvalue weighted by atomic mass is 10.2. The number of halogens is 1. The van der Waals surface area contributed by atoms with Gasteiger partial charge in [0.15, 0.2) is 0 Å². The van der Waals surface area contributed by atoms with Crippen LogP contribution in [0.3, 0.4) is 0 Å². The molecule has 0 saturated carbocycles. The molecule has 0 saturated heterocycles. The third-order valence-corrected chi connectivity index (χ3v) is 3.88. The van der Waals surface area contributed by atoms with Gasteiger partial charge in [-0.05, 0) is 58.7 Å². The molecule has 1 heterocycles. The third-order valence-electron chi connectivity index (χ3n) is 2.12. The van der Waals surface area contributed by atoms with Crippen LogP contribution in [-0.2, 0) is 0 Å². The summed E-state index contributed by atoms with van der Waals surface area (Å²) in [6.45, 7) is 2.03. The van der Waals surface area contributed by atoms with Gasteiger partial charge in [-0.1, -0.05) is 12.1 Å². The van der Waals surface area contributed by atoms with Crippen LogP contribution >= 0.6 is 33.9 Å². The first-order valence-corrected chi connectivity index (χ1v) is 6.73. The number of nitrogens with one attached hydrogen (secondary N) is 1. The molecule has 1 aromatic carbocycles. The number of amides is 1. The van der Waals surface area contributed by atoms with Crippen molar-refractivity contribution < 1.29 is 4.79 Å². The predicted octanol–water partition coefficient (Wildman–Crippen LogP) is 3.91. The zero-order chi connectivity index (χ0) is 11.5. The third kappa shape index (κ3) is 2.62. The molecule has 0 unspecified atom stereocenters. The number of carbonyl (C=O) groups is 1. The highest BCUT2D eigenvalue weighted by Gasteiger charge is 2.08. The summed E-state index contributed by atoms with van der Waals surface area (Å²) in [4.78, 5) is 12.5. The first kappa shape index (κ1) is 11.6. The van der Waals surface area contributed by atoms with Crippen molar-refractivity contribution in [2.24, 2.45) is 0 Å². The van der Waals surface area contributed by atoms with Gasteiger partial charge in [0.05, 0.1) is 10.6 Å². The van der Waals surface area contributed by atoms with Crippen LogP contribution in [0.4, 0.5) is 5.69 Å². The standard InChI is InChI=1S/C12H10INOS/c1-8-4-5-10(9(13)7-8)14-12(15)11-3-2-6-16-11/h2-7H,1H3,(H,14,15). The summed E-state index contributed by atoms with van der Waals surface area (Å²) in [6, 6.07) is 9.67. The Morgan fingerprint density at radius 2 is 2.19 bits per heavy atom. The summed E-state index contributed by atoms with van der Waals surface area (Å²) in [5.74, 6) is -0.0447. The fourth-order valence-electron chi connectivity index (χ4n) is 1.31. The first-order valence-electron chi connectivity index (χ1n) is 4.78. The van der Waals surface area contributed by atoms with E-state index in [1.807, 2.05) is 42.6 Å². The minimum Gasteiger partial charge on any atom is -0.320 e. The lowest BCUT2D eigenvalue weighted by molar-refractivity contribution is 0.103. The maximum atomic E-state index is 11.8. The molecule has 1 N–H and O–H groups in total. The summed E-state index contributed by atoms with van der Waals surface area (Å²) in [7, 11) is 0. The van der Waals surface area contributed by atoms with Crippen molar-refractivity contribution in [2.45, 2.75) is 6.92 Å². The van der Waals surface area contributed by atoms with Crippen molar-refractivity contribution in [1.82, 2.24) is 0 Å².